The fraction of sp³-hybridized carbons (Fsp3) is 0.750. The molecular weight excluding hydrogens is 232 g/mol. The number of hydrogen-bond acceptors (Lipinski definition) is 5. The Morgan fingerprint density at radius 1 is 1.56 bits per heavy atom. The van der Waals surface area contributed by atoms with Gasteiger partial charge >= 0.3 is 0 Å². The SMILES string of the molecule is CC(C)(C)CC(N)CC(=O)NCCc1ncon1. The van der Waals surface area contributed by atoms with Crippen LogP contribution in [0.3, 0.4) is 0 Å². The lowest BCUT2D eigenvalue weighted by Crippen LogP contribution is -2.35. The Morgan fingerprint density at radius 2 is 2.28 bits per heavy atom. The lowest BCUT2D eigenvalue weighted by molar-refractivity contribution is -0.121. The van der Waals surface area contributed by atoms with Crippen LogP contribution in [0.25, 0.3) is 0 Å². The van der Waals surface area contributed by atoms with E-state index >= 15 is 0 Å². The molecule has 6 nitrogen and oxygen atoms in total. The summed E-state index contributed by atoms with van der Waals surface area (Å²) in [6.45, 7) is 6.84. The van der Waals surface area contributed by atoms with Crippen LogP contribution in [0.15, 0.2) is 10.9 Å². The molecular formula is C12H22N4O2. The van der Waals surface area contributed by atoms with E-state index in [-0.39, 0.29) is 17.4 Å². The van der Waals surface area contributed by atoms with Crippen molar-refractivity contribution < 1.29 is 9.32 Å². The summed E-state index contributed by atoms with van der Waals surface area (Å²) in [4.78, 5) is 15.5. The Bertz CT molecular complexity index is 357. The molecule has 0 radical (unpaired) electrons. The van der Waals surface area contributed by atoms with Crippen molar-refractivity contribution in [3.8, 4) is 0 Å². The van der Waals surface area contributed by atoms with Crippen LogP contribution in [0.2, 0.25) is 0 Å². The van der Waals surface area contributed by atoms with E-state index in [1.807, 2.05) is 0 Å². The number of carbonyl (C=O) groups is 1. The molecule has 18 heavy (non-hydrogen) atoms. The molecule has 1 amide bonds. The minimum atomic E-state index is -0.102. The predicted octanol–water partition coefficient (Wildman–Crippen LogP) is 0.882. The molecule has 0 aliphatic heterocycles. The number of nitrogens with one attached hydrogen (secondary N) is 1. The second-order valence-corrected chi connectivity index (χ2v) is 5.68. The van der Waals surface area contributed by atoms with Gasteiger partial charge in [-0.3, -0.25) is 4.79 Å². The summed E-state index contributed by atoms with van der Waals surface area (Å²) >= 11 is 0. The highest BCUT2D eigenvalue weighted by molar-refractivity contribution is 5.76. The highest BCUT2D eigenvalue weighted by Gasteiger charge is 2.17. The fourth-order valence-corrected chi connectivity index (χ4v) is 1.79. The molecule has 0 saturated heterocycles. The average molecular weight is 254 g/mol. The van der Waals surface area contributed by atoms with Crippen molar-refractivity contribution in [3.63, 3.8) is 0 Å². The van der Waals surface area contributed by atoms with Crippen molar-refractivity contribution in [2.45, 2.75) is 46.1 Å². The van der Waals surface area contributed by atoms with Gasteiger partial charge < -0.3 is 15.6 Å². The van der Waals surface area contributed by atoms with Crippen molar-refractivity contribution in [1.82, 2.24) is 15.5 Å². The zero-order valence-corrected chi connectivity index (χ0v) is 11.3. The van der Waals surface area contributed by atoms with Crippen LogP contribution in [-0.2, 0) is 11.2 Å². The number of nitrogens with two attached hydrogens (primary N) is 1. The first-order chi connectivity index (χ1) is 8.37. The van der Waals surface area contributed by atoms with Gasteiger partial charge in [-0.25, -0.2) is 0 Å². The standard InChI is InChI=1S/C12H22N4O2/c1-12(2,3)7-9(13)6-11(17)14-5-4-10-15-8-18-16-10/h8-9H,4-7,13H2,1-3H3,(H,14,17). The molecule has 0 aliphatic carbocycles. The topological polar surface area (TPSA) is 94.0 Å². The predicted molar refractivity (Wildman–Crippen MR) is 67.7 cm³/mol. The molecule has 1 unspecified atom stereocenters. The zero-order valence-electron chi connectivity index (χ0n) is 11.3. The molecule has 0 bridgehead atoms. The third-order valence-corrected chi connectivity index (χ3v) is 2.40. The van der Waals surface area contributed by atoms with Crippen LogP contribution in [0.4, 0.5) is 0 Å². The van der Waals surface area contributed by atoms with E-state index in [9.17, 15) is 4.79 Å². The summed E-state index contributed by atoms with van der Waals surface area (Å²) in [6.07, 6.45) is 3.02. The van der Waals surface area contributed by atoms with Gasteiger partial charge in [0.2, 0.25) is 12.3 Å². The minimum Gasteiger partial charge on any atom is -0.356 e. The van der Waals surface area contributed by atoms with E-state index in [1.54, 1.807) is 0 Å². The summed E-state index contributed by atoms with van der Waals surface area (Å²) in [7, 11) is 0. The van der Waals surface area contributed by atoms with Crippen LogP contribution < -0.4 is 11.1 Å². The second kappa shape index (κ2) is 6.49. The van der Waals surface area contributed by atoms with Gasteiger partial charge in [-0.2, -0.15) is 4.98 Å². The summed E-state index contributed by atoms with van der Waals surface area (Å²) in [5.41, 5.74) is 6.07. The minimum absolute atomic E-state index is 0.0322. The quantitative estimate of drug-likeness (QED) is 0.786. The molecule has 0 saturated carbocycles. The Labute approximate surface area is 107 Å². The van der Waals surface area contributed by atoms with Crippen molar-refractivity contribution in [2.24, 2.45) is 11.1 Å². The van der Waals surface area contributed by atoms with Crippen LogP contribution in [-0.4, -0.2) is 28.6 Å². The zero-order chi connectivity index (χ0) is 13.6. The van der Waals surface area contributed by atoms with E-state index in [4.69, 9.17) is 5.73 Å². The monoisotopic (exact) mass is 254 g/mol. The smallest absolute Gasteiger partial charge is 0.221 e. The molecule has 1 heterocycles. The fourth-order valence-electron chi connectivity index (χ4n) is 1.79. The van der Waals surface area contributed by atoms with Gasteiger partial charge in [0.15, 0.2) is 5.82 Å². The van der Waals surface area contributed by atoms with Crippen LogP contribution >= 0.6 is 0 Å². The number of rotatable bonds is 6. The van der Waals surface area contributed by atoms with E-state index in [0.717, 1.165) is 6.42 Å². The molecule has 0 aromatic carbocycles. The third-order valence-electron chi connectivity index (χ3n) is 2.40. The van der Waals surface area contributed by atoms with Gasteiger partial charge in [-0.05, 0) is 11.8 Å². The normalized spacial score (nSPS) is 13.3. The van der Waals surface area contributed by atoms with Crippen molar-refractivity contribution in [3.05, 3.63) is 12.2 Å². The number of aromatic nitrogens is 2. The van der Waals surface area contributed by atoms with E-state index in [2.05, 4.69) is 40.8 Å². The van der Waals surface area contributed by atoms with Crippen molar-refractivity contribution in [2.75, 3.05) is 6.54 Å². The molecule has 6 heteroatoms. The van der Waals surface area contributed by atoms with E-state index < -0.39 is 0 Å². The molecule has 0 fully saturated rings. The Balaban J connectivity index is 2.17. The Kier molecular flexibility index (Phi) is 5.27. The Morgan fingerprint density at radius 3 is 2.83 bits per heavy atom. The largest absolute Gasteiger partial charge is 0.356 e. The molecule has 1 atom stereocenters. The Hall–Kier alpha value is -1.43. The van der Waals surface area contributed by atoms with Gasteiger partial charge in [-0.1, -0.05) is 25.9 Å². The van der Waals surface area contributed by atoms with Crippen LogP contribution in [0.5, 0.6) is 0 Å². The van der Waals surface area contributed by atoms with E-state index in [1.165, 1.54) is 6.39 Å². The molecule has 102 valence electrons. The van der Waals surface area contributed by atoms with Crippen LogP contribution in [0, 0.1) is 5.41 Å². The molecule has 1 aromatic rings. The van der Waals surface area contributed by atoms with Gasteiger partial charge in [0.05, 0.1) is 0 Å². The number of hydrogen-bond donors (Lipinski definition) is 2. The lowest BCUT2D eigenvalue weighted by atomic mass is 9.87. The summed E-state index contributed by atoms with van der Waals surface area (Å²) in [6, 6.07) is -0.102. The van der Waals surface area contributed by atoms with Gasteiger partial charge in [0, 0.05) is 25.4 Å². The maximum Gasteiger partial charge on any atom is 0.221 e. The summed E-state index contributed by atoms with van der Waals surface area (Å²) < 4.78 is 4.60. The van der Waals surface area contributed by atoms with Gasteiger partial charge in [0.1, 0.15) is 0 Å². The maximum atomic E-state index is 11.6. The first kappa shape index (κ1) is 14.6. The molecule has 0 aliphatic rings. The molecule has 1 aromatic heterocycles. The first-order valence-electron chi connectivity index (χ1n) is 6.14. The lowest BCUT2D eigenvalue weighted by Gasteiger charge is -2.22. The average Bonchev–Trinajstić information content (AvgIpc) is 2.66. The highest BCUT2D eigenvalue weighted by atomic mass is 16.5. The highest BCUT2D eigenvalue weighted by Crippen LogP contribution is 2.20. The summed E-state index contributed by atoms with van der Waals surface area (Å²) in [5.74, 6) is 0.560. The third kappa shape index (κ3) is 6.34. The van der Waals surface area contributed by atoms with Crippen LogP contribution in [0.1, 0.15) is 39.4 Å². The molecule has 0 spiro atoms. The maximum absolute atomic E-state index is 11.6. The first-order valence-corrected chi connectivity index (χ1v) is 6.14. The second-order valence-electron chi connectivity index (χ2n) is 5.68. The molecule has 1 rings (SSSR count). The number of amides is 1. The van der Waals surface area contributed by atoms with Gasteiger partial charge in [0.25, 0.3) is 0 Å². The van der Waals surface area contributed by atoms with Gasteiger partial charge in [-0.15, -0.1) is 0 Å². The van der Waals surface area contributed by atoms with Crippen molar-refractivity contribution >= 4 is 5.91 Å². The van der Waals surface area contributed by atoms with Crippen molar-refractivity contribution in [1.29, 1.82) is 0 Å². The molecule has 3 N–H and O–H groups in total. The number of carbonyl (C=O) groups excluding carboxylic acids is 1. The number of nitrogens with zero attached hydrogens (tertiary/aromatic N) is 2. The van der Waals surface area contributed by atoms with E-state index in [0.29, 0.717) is 25.2 Å². The summed E-state index contributed by atoms with van der Waals surface area (Å²) in [5, 5.41) is 6.46.